The topological polar surface area (TPSA) is 131 Å². The van der Waals surface area contributed by atoms with Crippen LogP contribution in [0.1, 0.15) is 49.2 Å². The van der Waals surface area contributed by atoms with Crippen molar-refractivity contribution >= 4 is 26.0 Å². The highest BCUT2D eigenvalue weighted by atomic mass is 28.4. The quantitative estimate of drug-likeness (QED) is 0.353. The van der Waals surface area contributed by atoms with Crippen LogP contribution in [0.3, 0.4) is 0 Å². The Kier molecular flexibility index (Phi) is 9.76. The predicted molar refractivity (Wildman–Crippen MR) is 138 cm³/mol. The average Bonchev–Trinajstić information content (AvgIpc) is 2.81. The lowest BCUT2D eigenvalue weighted by Crippen LogP contribution is -2.52. The molecule has 0 aliphatic carbocycles. The molecule has 2 aromatic carbocycles. The Morgan fingerprint density at radius 2 is 1.51 bits per heavy atom. The summed E-state index contributed by atoms with van der Waals surface area (Å²) in [7, 11) is -2.04. The van der Waals surface area contributed by atoms with E-state index in [1.54, 1.807) is 60.7 Å². The maximum atomic E-state index is 13.0. The van der Waals surface area contributed by atoms with Crippen molar-refractivity contribution < 1.29 is 23.9 Å². The zero-order chi connectivity index (χ0) is 26.2. The fourth-order valence-electron chi connectivity index (χ4n) is 3.16. The maximum Gasteiger partial charge on any atom is 0.252 e. The number of primary amides is 1. The van der Waals surface area contributed by atoms with Gasteiger partial charge in [0.2, 0.25) is 5.91 Å². The Balaban J connectivity index is 2.13. The van der Waals surface area contributed by atoms with Crippen LogP contribution in [0.5, 0.6) is 0 Å². The van der Waals surface area contributed by atoms with Gasteiger partial charge < -0.3 is 25.9 Å². The van der Waals surface area contributed by atoms with E-state index in [0.717, 1.165) is 0 Å². The van der Waals surface area contributed by atoms with Gasteiger partial charge in [0.25, 0.3) is 11.8 Å². The summed E-state index contributed by atoms with van der Waals surface area (Å²) in [6.45, 7) is 10.7. The van der Waals surface area contributed by atoms with Crippen molar-refractivity contribution in [1.82, 2.24) is 10.6 Å². The van der Waals surface area contributed by atoms with E-state index >= 15 is 0 Å². The normalized spacial score (nSPS) is 14.5. The smallest absolute Gasteiger partial charge is 0.252 e. The molecule has 0 bridgehead atoms. The molecule has 2 aromatic rings. The second kappa shape index (κ2) is 12.1. The molecule has 0 saturated heterocycles. The van der Waals surface area contributed by atoms with Crippen molar-refractivity contribution in [2.75, 3.05) is 6.61 Å². The van der Waals surface area contributed by atoms with Crippen molar-refractivity contribution in [3.8, 4) is 0 Å². The summed E-state index contributed by atoms with van der Waals surface area (Å²) in [6.07, 6.45) is -1.49. The molecule has 0 aliphatic heterocycles. The summed E-state index contributed by atoms with van der Waals surface area (Å²) in [4.78, 5) is 37.7. The molecule has 0 fully saturated rings. The number of aliphatic hydroxyl groups excluding tert-OH is 1. The van der Waals surface area contributed by atoms with Crippen LogP contribution < -0.4 is 16.4 Å². The summed E-state index contributed by atoms with van der Waals surface area (Å²) < 4.78 is 6.10. The molecule has 2 rings (SSSR count). The van der Waals surface area contributed by atoms with Crippen molar-refractivity contribution in [2.45, 2.75) is 63.5 Å². The van der Waals surface area contributed by atoms with Gasteiger partial charge in [-0.25, -0.2) is 0 Å². The van der Waals surface area contributed by atoms with Gasteiger partial charge in [0, 0.05) is 12.2 Å². The molecular formula is C26H37N3O5Si. The van der Waals surface area contributed by atoms with Crippen LogP contribution in [0.25, 0.3) is 0 Å². The minimum absolute atomic E-state index is 0.00543. The van der Waals surface area contributed by atoms with E-state index < -0.39 is 44.2 Å². The van der Waals surface area contributed by atoms with E-state index in [9.17, 15) is 19.5 Å². The van der Waals surface area contributed by atoms with Crippen LogP contribution in [0.2, 0.25) is 18.1 Å². The van der Waals surface area contributed by atoms with Crippen LogP contribution in [-0.2, 0) is 14.0 Å². The summed E-state index contributed by atoms with van der Waals surface area (Å²) in [5.74, 6) is -1.99. The third-order valence-corrected chi connectivity index (χ3v) is 10.9. The van der Waals surface area contributed by atoms with Gasteiger partial charge in [0.15, 0.2) is 14.4 Å². The van der Waals surface area contributed by atoms with Crippen molar-refractivity contribution in [1.29, 1.82) is 0 Å². The lowest BCUT2D eigenvalue weighted by molar-refractivity contribution is -0.134. The zero-order valence-electron chi connectivity index (χ0n) is 21.1. The number of carbonyl (C=O) groups excluding carboxylic acids is 3. The molecule has 3 atom stereocenters. The number of nitrogens with two attached hydrogens (primary N) is 1. The highest BCUT2D eigenvalue weighted by Crippen LogP contribution is 2.36. The van der Waals surface area contributed by atoms with Gasteiger partial charge in [0.1, 0.15) is 6.04 Å². The number of amides is 3. The van der Waals surface area contributed by atoms with Gasteiger partial charge in [-0.3, -0.25) is 14.4 Å². The van der Waals surface area contributed by atoms with Crippen LogP contribution in [0, 0.1) is 0 Å². The molecule has 0 heterocycles. The molecule has 190 valence electrons. The molecule has 0 radical (unpaired) electrons. The van der Waals surface area contributed by atoms with Gasteiger partial charge in [-0.2, -0.15) is 0 Å². The first kappa shape index (κ1) is 28.2. The first-order chi connectivity index (χ1) is 16.3. The molecule has 0 aromatic heterocycles. The van der Waals surface area contributed by atoms with E-state index in [1.807, 2.05) is 0 Å². The highest BCUT2D eigenvalue weighted by Gasteiger charge is 2.37. The molecule has 5 N–H and O–H groups in total. The standard InChI is InChI=1S/C26H37N3O5Si/c1-26(2,3)35(4,5)34-17-16-20(23(27)31)28-25(33)22(30)21(18-12-8-6-9-13-18)29-24(32)19-14-10-7-11-15-19/h6-15,20-22,30H,16-17H2,1-5H3,(H2,27,31)(H,28,33)(H,29,32)/t20-,21-,22+/m0/s1. The van der Waals surface area contributed by atoms with E-state index in [-0.39, 0.29) is 18.1 Å². The Bertz CT molecular complexity index is 993. The minimum atomic E-state index is -2.04. The number of aliphatic hydroxyl groups is 1. The monoisotopic (exact) mass is 499 g/mol. The number of hydrogen-bond donors (Lipinski definition) is 4. The first-order valence-corrected chi connectivity index (χ1v) is 14.6. The van der Waals surface area contributed by atoms with Crippen LogP contribution in [0.15, 0.2) is 60.7 Å². The van der Waals surface area contributed by atoms with E-state index in [0.29, 0.717) is 11.1 Å². The Morgan fingerprint density at radius 3 is 2.03 bits per heavy atom. The van der Waals surface area contributed by atoms with Gasteiger partial charge in [-0.1, -0.05) is 69.3 Å². The molecule has 0 saturated carbocycles. The first-order valence-electron chi connectivity index (χ1n) is 11.7. The predicted octanol–water partition coefficient (Wildman–Crippen LogP) is 2.90. The SMILES string of the molecule is CC(C)(C)[Si](C)(C)OCC[C@H](NC(=O)[C@H](O)[C@@H](NC(=O)c1ccccc1)c1ccccc1)C(N)=O. The van der Waals surface area contributed by atoms with Gasteiger partial charge in [-0.05, 0) is 42.2 Å². The van der Waals surface area contributed by atoms with Gasteiger partial charge in [-0.15, -0.1) is 0 Å². The lowest BCUT2D eigenvalue weighted by atomic mass is 9.99. The minimum Gasteiger partial charge on any atom is -0.417 e. The van der Waals surface area contributed by atoms with E-state index in [4.69, 9.17) is 10.2 Å². The number of carbonyl (C=O) groups is 3. The maximum absolute atomic E-state index is 13.0. The van der Waals surface area contributed by atoms with Crippen molar-refractivity contribution in [2.24, 2.45) is 5.73 Å². The number of rotatable bonds is 11. The molecule has 0 spiro atoms. The zero-order valence-corrected chi connectivity index (χ0v) is 22.1. The Morgan fingerprint density at radius 1 is 0.971 bits per heavy atom. The summed E-state index contributed by atoms with van der Waals surface area (Å²) in [6, 6.07) is 15.1. The summed E-state index contributed by atoms with van der Waals surface area (Å²) in [5.41, 5.74) is 6.44. The third-order valence-electron chi connectivity index (χ3n) is 6.40. The second-order valence-electron chi connectivity index (χ2n) is 10.0. The fraction of sp³-hybridized carbons (Fsp3) is 0.423. The number of nitrogens with one attached hydrogen (secondary N) is 2. The molecule has 9 heteroatoms. The Hall–Kier alpha value is -3.01. The largest absolute Gasteiger partial charge is 0.417 e. The van der Waals surface area contributed by atoms with E-state index in [1.165, 1.54) is 0 Å². The molecule has 0 aliphatic rings. The molecule has 35 heavy (non-hydrogen) atoms. The lowest BCUT2D eigenvalue weighted by Gasteiger charge is -2.36. The van der Waals surface area contributed by atoms with Gasteiger partial charge >= 0.3 is 0 Å². The van der Waals surface area contributed by atoms with Crippen molar-refractivity contribution in [3.63, 3.8) is 0 Å². The van der Waals surface area contributed by atoms with E-state index in [2.05, 4.69) is 44.5 Å². The fourth-order valence-corrected chi connectivity index (χ4v) is 4.22. The third kappa shape index (κ3) is 8.02. The Labute approximate surface area is 208 Å². The molecule has 8 nitrogen and oxygen atoms in total. The molecular weight excluding hydrogens is 462 g/mol. The average molecular weight is 500 g/mol. The van der Waals surface area contributed by atoms with Crippen LogP contribution >= 0.6 is 0 Å². The molecule has 3 amide bonds. The number of benzene rings is 2. The summed E-state index contributed by atoms with van der Waals surface area (Å²) in [5, 5.41) is 16.2. The van der Waals surface area contributed by atoms with Crippen LogP contribution in [0.4, 0.5) is 0 Å². The molecule has 0 unspecified atom stereocenters. The van der Waals surface area contributed by atoms with Crippen LogP contribution in [-0.4, -0.2) is 49.9 Å². The van der Waals surface area contributed by atoms with Gasteiger partial charge in [0.05, 0.1) is 6.04 Å². The highest BCUT2D eigenvalue weighted by molar-refractivity contribution is 6.74. The second-order valence-corrected chi connectivity index (χ2v) is 14.8. The van der Waals surface area contributed by atoms with Crippen molar-refractivity contribution in [3.05, 3.63) is 71.8 Å². The summed E-state index contributed by atoms with van der Waals surface area (Å²) >= 11 is 0. The number of hydrogen-bond acceptors (Lipinski definition) is 5.